The van der Waals surface area contributed by atoms with E-state index >= 15 is 0 Å². The molecule has 0 fully saturated rings. The first-order valence-corrected chi connectivity index (χ1v) is 5.85. The second-order valence-corrected chi connectivity index (χ2v) is 4.11. The van der Waals surface area contributed by atoms with Crippen molar-refractivity contribution in [2.24, 2.45) is 0 Å². The molecule has 3 rings (SSSR count). The zero-order valence-corrected chi connectivity index (χ0v) is 9.84. The van der Waals surface area contributed by atoms with Crippen molar-refractivity contribution in [3.63, 3.8) is 0 Å². The van der Waals surface area contributed by atoms with Crippen LogP contribution in [0.4, 0.5) is 0 Å². The summed E-state index contributed by atoms with van der Waals surface area (Å²) in [4.78, 5) is 4.13. The Balaban J connectivity index is 1.74. The summed E-state index contributed by atoms with van der Waals surface area (Å²) in [5, 5.41) is 9.62. The van der Waals surface area contributed by atoms with Crippen molar-refractivity contribution in [1.82, 2.24) is 15.5 Å². The molecule has 0 aliphatic carbocycles. The van der Waals surface area contributed by atoms with Crippen LogP contribution in [0.1, 0.15) is 11.3 Å². The standard InChI is InChI=1S/C14H13N3O/c1-2-11-8-15-6-4-14(11)12(3-1)9-16-10-13-5-7-18-17-13/h1-8,16H,9-10H2. The minimum Gasteiger partial charge on any atom is -0.364 e. The number of nitrogens with zero attached hydrogens (tertiary/aromatic N) is 2. The molecule has 0 unspecified atom stereocenters. The molecule has 3 aromatic rings. The van der Waals surface area contributed by atoms with E-state index in [0.29, 0.717) is 6.54 Å². The second-order valence-electron chi connectivity index (χ2n) is 4.11. The van der Waals surface area contributed by atoms with Crippen molar-refractivity contribution in [3.8, 4) is 0 Å². The fraction of sp³-hybridized carbons (Fsp3) is 0.143. The van der Waals surface area contributed by atoms with Crippen LogP contribution in [0.5, 0.6) is 0 Å². The van der Waals surface area contributed by atoms with Gasteiger partial charge in [0.15, 0.2) is 0 Å². The van der Waals surface area contributed by atoms with Gasteiger partial charge >= 0.3 is 0 Å². The molecule has 18 heavy (non-hydrogen) atoms. The Kier molecular flexibility index (Phi) is 3.02. The van der Waals surface area contributed by atoms with Gasteiger partial charge in [0.1, 0.15) is 6.26 Å². The van der Waals surface area contributed by atoms with Crippen LogP contribution < -0.4 is 5.32 Å². The lowest BCUT2D eigenvalue weighted by Gasteiger charge is -2.06. The van der Waals surface area contributed by atoms with E-state index < -0.39 is 0 Å². The molecule has 1 N–H and O–H groups in total. The van der Waals surface area contributed by atoms with Crippen molar-refractivity contribution in [3.05, 3.63) is 60.2 Å². The maximum absolute atomic E-state index is 4.79. The molecular formula is C14H13N3O. The van der Waals surface area contributed by atoms with Crippen LogP contribution in [0.25, 0.3) is 10.8 Å². The summed E-state index contributed by atoms with van der Waals surface area (Å²) in [5.74, 6) is 0. The zero-order chi connectivity index (χ0) is 12.2. The van der Waals surface area contributed by atoms with Gasteiger partial charge in [-0.2, -0.15) is 0 Å². The highest BCUT2D eigenvalue weighted by Crippen LogP contribution is 2.17. The molecule has 0 radical (unpaired) electrons. The van der Waals surface area contributed by atoms with E-state index in [1.54, 1.807) is 6.26 Å². The van der Waals surface area contributed by atoms with Gasteiger partial charge < -0.3 is 9.84 Å². The van der Waals surface area contributed by atoms with Crippen molar-refractivity contribution < 1.29 is 4.52 Å². The monoisotopic (exact) mass is 239 g/mol. The molecule has 0 saturated heterocycles. The third kappa shape index (κ3) is 2.24. The Morgan fingerprint density at radius 1 is 1.11 bits per heavy atom. The van der Waals surface area contributed by atoms with E-state index in [1.807, 2.05) is 24.5 Å². The number of fused-ring (bicyclic) bond motifs is 1. The van der Waals surface area contributed by atoms with Crippen LogP contribution in [0, 0.1) is 0 Å². The fourth-order valence-corrected chi connectivity index (χ4v) is 2.00. The fourth-order valence-electron chi connectivity index (χ4n) is 2.00. The van der Waals surface area contributed by atoms with E-state index in [0.717, 1.165) is 12.2 Å². The third-order valence-corrected chi connectivity index (χ3v) is 2.88. The molecule has 4 heteroatoms. The zero-order valence-electron chi connectivity index (χ0n) is 9.84. The van der Waals surface area contributed by atoms with Gasteiger partial charge in [-0.3, -0.25) is 4.98 Å². The molecule has 4 nitrogen and oxygen atoms in total. The number of pyridine rings is 1. The number of benzene rings is 1. The van der Waals surface area contributed by atoms with Gasteiger partial charge in [0, 0.05) is 36.9 Å². The first-order chi connectivity index (χ1) is 8.93. The van der Waals surface area contributed by atoms with E-state index in [-0.39, 0.29) is 0 Å². The quantitative estimate of drug-likeness (QED) is 0.760. The van der Waals surface area contributed by atoms with Crippen molar-refractivity contribution in [2.75, 3.05) is 0 Å². The van der Waals surface area contributed by atoms with E-state index in [2.05, 4.69) is 33.7 Å². The van der Waals surface area contributed by atoms with Crippen LogP contribution in [0.3, 0.4) is 0 Å². The number of rotatable bonds is 4. The summed E-state index contributed by atoms with van der Waals surface area (Å²) in [6.45, 7) is 1.51. The molecule has 0 bridgehead atoms. The molecule has 0 amide bonds. The Morgan fingerprint density at radius 3 is 3.00 bits per heavy atom. The molecule has 2 heterocycles. The summed E-state index contributed by atoms with van der Waals surface area (Å²) in [7, 11) is 0. The average molecular weight is 239 g/mol. The minimum absolute atomic E-state index is 0.706. The average Bonchev–Trinajstić information content (AvgIpc) is 2.92. The SMILES string of the molecule is c1cc(CNCc2ccon2)c2ccncc2c1. The lowest BCUT2D eigenvalue weighted by molar-refractivity contribution is 0.408. The normalized spacial score (nSPS) is 10.9. The summed E-state index contributed by atoms with van der Waals surface area (Å²) in [6.07, 6.45) is 5.29. The maximum atomic E-state index is 4.79. The molecule has 0 aliphatic heterocycles. The predicted octanol–water partition coefficient (Wildman–Crippen LogP) is 2.51. The Labute approximate surface area is 105 Å². The smallest absolute Gasteiger partial charge is 0.124 e. The predicted molar refractivity (Wildman–Crippen MR) is 68.8 cm³/mol. The highest BCUT2D eigenvalue weighted by molar-refractivity contribution is 5.84. The van der Waals surface area contributed by atoms with Crippen LogP contribution in [0.2, 0.25) is 0 Å². The van der Waals surface area contributed by atoms with Crippen LogP contribution in [-0.4, -0.2) is 10.1 Å². The highest BCUT2D eigenvalue weighted by Gasteiger charge is 2.01. The number of nitrogens with one attached hydrogen (secondary N) is 1. The Morgan fingerprint density at radius 2 is 2.11 bits per heavy atom. The maximum Gasteiger partial charge on any atom is 0.124 e. The van der Waals surface area contributed by atoms with Gasteiger partial charge in [-0.15, -0.1) is 0 Å². The summed E-state index contributed by atoms with van der Waals surface area (Å²) in [6, 6.07) is 10.2. The molecule has 90 valence electrons. The third-order valence-electron chi connectivity index (χ3n) is 2.88. The highest BCUT2D eigenvalue weighted by atomic mass is 16.5. The van der Waals surface area contributed by atoms with E-state index in [1.165, 1.54) is 16.3 Å². The second kappa shape index (κ2) is 4.98. The molecule has 2 aromatic heterocycles. The summed E-state index contributed by atoms with van der Waals surface area (Å²) >= 11 is 0. The molecule has 0 aliphatic rings. The van der Waals surface area contributed by atoms with Gasteiger partial charge in [0.25, 0.3) is 0 Å². The summed E-state index contributed by atoms with van der Waals surface area (Å²) in [5.41, 5.74) is 2.18. The van der Waals surface area contributed by atoms with Gasteiger partial charge in [0.05, 0.1) is 5.69 Å². The van der Waals surface area contributed by atoms with Gasteiger partial charge in [-0.1, -0.05) is 23.4 Å². The first kappa shape index (κ1) is 10.9. The lowest BCUT2D eigenvalue weighted by Crippen LogP contribution is -2.13. The number of hydrogen-bond donors (Lipinski definition) is 1. The number of hydrogen-bond acceptors (Lipinski definition) is 4. The van der Waals surface area contributed by atoms with Crippen molar-refractivity contribution in [2.45, 2.75) is 13.1 Å². The van der Waals surface area contributed by atoms with Crippen LogP contribution >= 0.6 is 0 Å². The Bertz CT molecular complexity index is 629. The Hall–Kier alpha value is -2.20. The molecular weight excluding hydrogens is 226 g/mol. The van der Waals surface area contributed by atoms with Crippen molar-refractivity contribution >= 4 is 10.8 Å². The van der Waals surface area contributed by atoms with E-state index in [9.17, 15) is 0 Å². The largest absolute Gasteiger partial charge is 0.364 e. The summed E-state index contributed by atoms with van der Waals surface area (Å²) < 4.78 is 4.79. The molecule has 0 saturated carbocycles. The van der Waals surface area contributed by atoms with Crippen molar-refractivity contribution in [1.29, 1.82) is 0 Å². The topological polar surface area (TPSA) is 51.0 Å². The minimum atomic E-state index is 0.706. The van der Waals surface area contributed by atoms with Gasteiger partial charge in [0.2, 0.25) is 0 Å². The van der Waals surface area contributed by atoms with Gasteiger partial charge in [-0.05, 0) is 17.0 Å². The van der Waals surface area contributed by atoms with Crippen LogP contribution in [0.15, 0.2) is 53.5 Å². The molecule has 0 spiro atoms. The van der Waals surface area contributed by atoms with E-state index in [4.69, 9.17) is 4.52 Å². The molecule has 1 aromatic carbocycles. The number of aromatic nitrogens is 2. The van der Waals surface area contributed by atoms with Gasteiger partial charge in [-0.25, -0.2) is 0 Å². The first-order valence-electron chi connectivity index (χ1n) is 5.85. The van der Waals surface area contributed by atoms with Crippen LogP contribution in [-0.2, 0) is 13.1 Å². The molecule has 0 atom stereocenters. The lowest BCUT2D eigenvalue weighted by atomic mass is 10.1.